The molecule has 1 aliphatic heterocycles. The van der Waals surface area contributed by atoms with E-state index in [1.54, 1.807) is 6.07 Å². The van der Waals surface area contributed by atoms with Gasteiger partial charge in [0.2, 0.25) is 0 Å². The zero-order valence-electron chi connectivity index (χ0n) is 11.6. The Labute approximate surface area is 115 Å². The van der Waals surface area contributed by atoms with Crippen LogP contribution in [0.25, 0.3) is 0 Å². The van der Waals surface area contributed by atoms with Crippen molar-refractivity contribution in [1.82, 2.24) is 4.90 Å². The Balaban J connectivity index is 1.82. The number of ketones is 1. The normalized spacial score (nSPS) is 16.3. The molecule has 3 N–H and O–H groups in total. The van der Waals surface area contributed by atoms with Crippen LogP contribution < -0.4 is 11.1 Å². The van der Waals surface area contributed by atoms with Crippen LogP contribution in [0, 0.1) is 0 Å². The first kappa shape index (κ1) is 13.9. The van der Waals surface area contributed by atoms with E-state index in [-0.39, 0.29) is 5.78 Å². The molecule has 0 bridgehead atoms. The lowest BCUT2D eigenvalue weighted by Gasteiger charge is -2.26. The average Bonchev–Trinajstić information content (AvgIpc) is 2.39. The minimum Gasteiger partial charge on any atom is -0.398 e. The second-order valence-electron chi connectivity index (χ2n) is 5.19. The van der Waals surface area contributed by atoms with Gasteiger partial charge in [0, 0.05) is 30.0 Å². The minimum absolute atomic E-state index is 0.0115. The maximum absolute atomic E-state index is 11.3. The number of piperidine rings is 1. The first-order valence-corrected chi connectivity index (χ1v) is 7.03. The molecule has 19 heavy (non-hydrogen) atoms. The van der Waals surface area contributed by atoms with Gasteiger partial charge in [0.15, 0.2) is 5.78 Å². The largest absolute Gasteiger partial charge is 0.398 e. The van der Waals surface area contributed by atoms with Crippen molar-refractivity contribution in [2.24, 2.45) is 0 Å². The van der Waals surface area contributed by atoms with Crippen molar-refractivity contribution in [3.8, 4) is 0 Å². The summed E-state index contributed by atoms with van der Waals surface area (Å²) in [6.07, 6.45) is 4.01. The number of hydrogen-bond acceptors (Lipinski definition) is 4. The Hall–Kier alpha value is -1.55. The Morgan fingerprint density at radius 3 is 2.68 bits per heavy atom. The van der Waals surface area contributed by atoms with E-state index < -0.39 is 0 Å². The predicted molar refractivity (Wildman–Crippen MR) is 79.6 cm³/mol. The summed E-state index contributed by atoms with van der Waals surface area (Å²) in [5.41, 5.74) is 8.00. The van der Waals surface area contributed by atoms with Gasteiger partial charge in [-0.3, -0.25) is 4.79 Å². The van der Waals surface area contributed by atoms with E-state index in [4.69, 9.17) is 5.73 Å². The molecule has 4 nitrogen and oxygen atoms in total. The fraction of sp³-hybridized carbons (Fsp3) is 0.533. The summed E-state index contributed by atoms with van der Waals surface area (Å²) < 4.78 is 0. The molecule has 0 spiro atoms. The molecule has 0 aromatic heterocycles. The maximum atomic E-state index is 11.3. The highest BCUT2D eigenvalue weighted by atomic mass is 16.1. The molecule has 1 fully saturated rings. The van der Waals surface area contributed by atoms with Crippen molar-refractivity contribution in [2.75, 3.05) is 37.2 Å². The van der Waals surface area contributed by atoms with Gasteiger partial charge in [-0.2, -0.15) is 0 Å². The van der Waals surface area contributed by atoms with Crippen LogP contribution in [0.15, 0.2) is 18.2 Å². The number of carbonyl (C=O) groups excluding carboxylic acids is 1. The molecule has 0 amide bonds. The Bertz CT molecular complexity index is 439. The number of nitrogens with one attached hydrogen (secondary N) is 1. The molecule has 1 aliphatic rings. The molecule has 2 rings (SSSR count). The van der Waals surface area contributed by atoms with Crippen LogP contribution in [0.3, 0.4) is 0 Å². The van der Waals surface area contributed by atoms with Crippen molar-refractivity contribution in [3.63, 3.8) is 0 Å². The Morgan fingerprint density at radius 1 is 1.32 bits per heavy atom. The smallest absolute Gasteiger partial charge is 0.161 e. The number of anilines is 2. The van der Waals surface area contributed by atoms with Crippen LogP contribution in [0.5, 0.6) is 0 Å². The molecule has 0 radical (unpaired) electrons. The van der Waals surface area contributed by atoms with Crippen molar-refractivity contribution in [2.45, 2.75) is 26.2 Å². The number of rotatable bonds is 5. The van der Waals surface area contributed by atoms with Crippen LogP contribution in [0.2, 0.25) is 0 Å². The van der Waals surface area contributed by atoms with Crippen molar-refractivity contribution in [3.05, 3.63) is 23.8 Å². The van der Waals surface area contributed by atoms with Gasteiger partial charge in [-0.25, -0.2) is 0 Å². The Morgan fingerprint density at radius 2 is 2.05 bits per heavy atom. The fourth-order valence-corrected chi connectivity index (χ4v) is 2.53. The summed E-state index contributed by atoms with van der Waals surface area (Å²) in [6, 6.07) is 5.55. The van der Waals surface area contributed by atoms with Gasteiger partial charge < -0.3 is 16.0 Å². The van der Waals surface area contributed by atoms with Crippen LogP contribution in [0.1, 0.15) is 36.5 Å². The van der Waals surface area contributed by atoms with Crippen molar-refractivity contribution >= 4 is 17.2 Å². The molecule has 1 heterocycles. The van der Waals surface area contributed by atoms with Gasteiger partial charge in [0.25, 0.3) is 0 Å². The number of likely N-dealkylation sites (tertiary alicyclic amines) is 1. The first-order chi connectivity index (χ1) is 9.16. The van der Waals surface area contributed by atoms with Crippen molar-refractivity contribution < 1.29 is 4.79 Å². The van der Waals surface area contributed by atoms with E-state index in [0.717, 1.165) is 18.8 Å². The molecular formula is C15H23N3O. The first-order valence-electron chi connectivity index (χ1n) is 7.03. The van der Waals surface area contributed by atoms with Gasteiger partial charge in [-0.05, 0) is 51.1 Å². The van der Waals surface area contributed by atoms with Crippen LogP contribution in [0.4, 0.5) is 11.4 Å². The highest BCUT2D eigenvalue weighted by Gasteiger charge is 2.09. The molecule has 4 heteroatoms. The standard InChI is InChI=1S/C15H23N3O/c1-12(19)14-6-5-13(11-15(14)16)17-7-10-18-8-3-2-4-9-18/h5-6,11,17H,2-4,7-10,16H2,1H3. The summed E-state index contributed by atoms with van der Waals surface area (Å²) in [4.78, 5) is 13.8. The number of nitrogen functional groups attached to an aromatic ring is 1. The lowest BCUT2D eigenvalue weighted by atomic mass is 10.1. The number of hydrogen-bond donors (Lipinski definition) is 2. The average molecular weight is 261 g/mol. The SMILES string of the molecule is CC(=O)c1ccc(NCCN2CCCCC2)cc1N. The number of carbonyl (C=O) groups is 1. The second-order valence-corrected chi connectivity index (χ2v) is 5.19. The van der Waals surface area contributed by atoms with Crippen LogP contribution >= 0.6 is 0 Å². The van der Waals surface area contributed by atoms with Crippen molar-refractivity contribution in [1.29, 1.82) is 0 Å². The molecule has 1 saturated heterocycles. The van der Waals surface area contributed by atoms with Gasteiger partial charge in [-0.15, -0.1) is 0 Å². The van der Waals surface area contributed by atoms with E-state index in [9.17, 15) is 4.79 Å². The monoisotopic (exact) mass is 261 g/mol. The van der Waals surface area contributed by atoms with Crippen LogP contribution in [-0.2, 0) is 0 Å². The number of nitrogens with zero attached hydrogens (tertiary/aromatic N) is 1. The van der Waals surface area contributed by atoms with Gasteiger partial charge in [-0.1, -0.05) is 6.42 Å². The summed E-state index contributed by atoms with van der Waals surface area (Å²) in [5, 5.41) is 3.37. The predicted octanol–water partition coefficient (Wildman–Crippen LogP) is 2.37. The molecule has 0 unspecified atom stereocenters. The molecule has 104 valence electrons. The minimum atomic E-state index is 0.0115. The number of nitrogens with two attached hydrogens (primary N) is 1. The lowest BCUT2D eigenvalue weighted by Crippen LogP contribution is -2.33. The molecule has 0 atom stereocenters. The lowest BCUT2D eigenvalue weighted by molar-refractivity contribution is 0.101. The number of Topliss-reactive ketones (excluding diaryl/α,β-unsaturated/α-hetero) is 1. The summed E-state index contributed by atoms with van der Waals surface area (Å²) >= 11 is 0. The highest BCUT2D eigenvalue weighted by molar-refractivity contribution is 5.99. The zero-order chi connectivity index (χ0) is 13.7. The van der Waals surface area contributed by atoms with E-state index in [1.807, 2.05) is 12.1 Å². The van der Waals surface area contributed by atoms with Gasteiger partial charge in [0.05, 0.1) is 0 Å². The molecular weight excluding hydrogens is 238 g/mol. The third kappa shape index (κ3) is 3.96. The molecule has 0 saturated carbocycles. The fourth-order valence-electron chi connectivity index (χ4n) is 2.53. The maximum Gasteiger partial charge on any atom is 0.161 e. The number of benzene rings is 1. The quantitative estimate of drug-likeness (QED) is 0.631. The third-order valence-corrected chi connectivity index (χ3v) is 3.64. The summed E-state index contributed by atoms with van der Waals surface area (Å²) in [7, 11) is 0. The summed E-state index contributed by atoms with van der Waals surface area (Å²) in [6.45, 7) is 5.95. The zero-order valence-corrected chi connectivity index (χ0v) is 11.6. The second kappa shape index (κ2) is 6.57. The van der Waals surface area contributed by atoms with Gasteiger partial charge >= 0.3 is 0 Å². The Kier molecular flexibility index (Phi) is 4.80. The highest BCUT2D eigenvalue weighted by Crippen LogP contribution is 2.18. The van der Waals surface area contributed by atoms with E-state index >= 15 is 0 Å². The topological polar surface area (TPSA) is 58.4 Å². The third-order valence-electron chi connectivity index (χ3n) is 3.64. The molecule has 0 aliphatic carbocycles. The van der Waals surface area contributed by atoms with E-state index in [2.05, 4.69) is 10.2 Å². The van der Waals surface area contributed by atoms with E-state index in [1.165, 1.54) is 39.3 Å². The summed E-state index contributed by atoms with van der Waals surface area (Å²) in [5.74, 6) is 0.0115. The van der Waals surface area contributed by atoms with Gasteiger partial charge in [0.1, 0.15) is 0 Å². The van der Waals surface area contributed by atoms with Crippen LogP contribution in [-0.4, -0.2) is 36.9 Å². The molecule has 1 aromatic rings. The van der Waals surface area contributed by atoms with E-state index in [0.29, 0.717) is 11.3 Å². The molecule has 1 aromatic carbocycles.